The van der Waals surface area contributed by atoms with Crippen molar-refractivity contribution in [1.82, 2.24) is 14.5 Å². The number of ether oxygens (including phenoxy) is 1. The Morgan fingerprint density at radius 2 is 1.82 bits per heavy atom. The van der Waals surface area contributed by atoms with Gasteiger partial charge in [-0.2, -0.15) is 0 Å². The zero-order valence-electron chi connectivity index (χ0n) is 15.4. The predicted molar refractivity (Wildman–Crippen MR) is 103 cm³/mol. The van der Waals surface area contributed by atoms with Crippen molar-refractivity contribution in [3.05, 3.63) is 76.1 Å². The molecule has 6 nitrogen and oxygen atoms in total. The van der Waals surface area contributed by atoms with Crippen LogP contribution in [0.2, 0.25) is 0 Å². The van der Waals surface area contributed by atoms with Crippen LogP contribution in [0, 0.1) is 5.82 Å². The van der Waals surface area contributed by atoms with E-state index in [-0.39, 0.29) is 17.7 Å². The molecule has 146 valence electrons. The van der Waals surface area contributed by atoms with E-state index in [1.165, 1.54) is 16.7 Å². The second-order valence-corrected chi connectivity index (χ2v) is 6.89. The summed E-state index contributed by atoms with van der Waals surface area (Å²) in [5.74, 6) is 0.0625. The average Bonchev–Trinajstić information content (AvgIpc) is 2.72. The van der Waals surface area contributed by atoms with E-state index < -0.39 is 11.9 Å². The molecule has 1 atom stereocenters. The predicted octanol–water partition coefficient (Wildman–Crippen LogP) is 2.10. The van der Waals surface area contributed by atoms with Crippen LogP contribution in [0.4, 0.5) is 4.39 Å². The van der Waals surface area contributed by atoms with E-state index in [2.05, 4.69) is 9.88 Å². The van der Waals surface area contributed by atoms with E-state index in [0.29, 0.717) is 36.5 Å². The van der Waals surface area contributed by atoms with Gasteiger partial charge in [-0.3, -0.25) is 14.3 Å². The van der Waals surface area contributed by atoms with Gasteiger partial charge in [0.1, 0.15) is 11.6 Å². The summed E-state index contributed by atoms with van der Waals surface area (Å²) in [6.45, 7) is 3.17. The maximum absolute atomic E-state index is 14.1. The van der Waals surface area contributed by atoms with Gasteiger partial charge in [0.2, 0.25) is 0 Å². The number of halogens is 1. The second kappa shape index (κ2) is 8.18. The largest absolute Gasteiger partial charge is 0.386 e. The third-order valence-corrected chi connectivity index (χ3v) is 5.03. The van der Waals surface area contributed by atoms with Crippen molar-refractivity contribution >= 4 is 10.9 Å². The average molecular weight is 383 g/mol. The van der Waals surface area contributed by atoms with Gasteiger partial charge < -0.3 is 9.84 Å². The molecular formula is C21H22FN3O3. The first-order valence-electron chi connectivity index (χ1n) is 9.34. The van der Waals surface area contributed by atoms with Crippen LogP contribution in [0.1, 0.15) is 17.5 Å². The van der Waals surface area contributed by atoms with Crippen molar-refractivity contribution in [2.75, 3.05) is 26.3 Å². The van der Waals surface area contributed by atoms with Crippen molar-refractivity contribution in [2.24, 2.45) is 0 Å². The molecular weight excluding hydrogens is 361 g/mol. The minimum atomic E-state index is -1.15. The van der Waals surface area contributed by atoms with Crippen molar-refractivity contribution in [1.29, 1.82) is 0 Å². The van der Waals surface area contributed by atoms with Gasteiger partial charge in [-0.15, -0.1) is 0 Å². The first kappa shape index (κ1) is 18.7. The van der Waals surface area contributed by atoms with Crippen LogP contribution < -0.4 is 5.56 Å². The zero-order valence-corrected chi connectivity index (χ0v) is 15.4. The molecule has 2 heterocycles. The Hall–Kier alpha value is -2.61. The first-order chi connectivity index (χ1) is 13.6. The zero-order chi connectivity index (χ0) is 19.5. The number of fused-ring (bicyclic) bond motifs is 1. The van der Waals surface area contributed by atoms with E-state index in [1.54, 1.807) is 30.3 Å². The normalized spacial score (nSPS) is 16.4. The van der Waals surface area contributed by atoms with E-state index in [1.807, 2.05) is 6.07 Å². The van der Waals surface area contributed by atoms with Crippen LogP contribution in [-0.4, -0.2) is 45.9 Å². The highest BCUT2D eigenvalue weighted by Gasteiger charge is 2.20. The first-order valence-corrected chi connectivity index (χ1v) is 9.34. The lowest BCUT2D eigenvalue weighted by Gasteiger charge is -2.27. The molecule has 1 saturated heterocycles. The molecule has 2 aromatic carbocycles. The lowest BCUT2D eigenvalue weighted by atomic mass is 10.1. The summed E-state index contributed by atoms with van der Waals surface area (Å²) in [7, 11) is 0. The smallest absolute Gasteiger partial charge is 0.261 e. The maximum Gasteiger partial charge on any atom is 0.261 e. The van der Waals surface area contributed by atoms with Gasteiger partial charge in [0.25, 0.3) is 5.56 Å². The highest BCUT2D eigenvalue weighted by Crippen LogP contribution is 2.19. The lowest BCUT2D eigenvalue weighted by molar-refractivity contribution is 0.0319. The van der Waals surface area contributed by atoms with Crippen LogP contribution in [0.3, 0.4) is 0 Å². The molecule has 4 rings (SSSR count). The van der Waals surface area contributed by atoms with E-state index >= 15 is 0 Å². The number of morpholine rings is 1. The number of hydrogen-bond donors (Lipinski definition) is 1. The molecule has 1 aromatic heterocycles. The second-order valence-electron chi connectivity index (χ2n) is 6.89. The SMILES string of the molecule is O=c1c2ccccc2nc(CN2CCOCC2)n1CC(O)c1ccccc1F. The summed E-state index contributed by atoms with van der Waals surface area (Å²) in [5.41, 5.74) is 0.552. The molecule has 1 aliphatic rings. The van der Waals surface area contributed by atoms with E-state index in [4.69, 9.17) is 4.74 Å². The van der Waals surface area contributed by atoms with Gasteiger partial charge in [-0.1, -0.05) is 30.3 Å². The Balaban J connectivity index is 1.74. The topological polar surface area (TPSA) is 67.6 Å². The molecule has 3 aromatic rings. The summed E-state index contributed by atoms with van der Waals surface area (Å²) in [6.07, 6.45) is -1.15. The van der Waals surface area contributed by atoms with Crippen LogP contribution in [-0.2, 0) is 17.8 Å². The minimum Gasteiger partial charge on any atom is -0.386 e. The van der Waals surface area contributed by atoms with Crippen LogP contribution in [0.5, 0.6) is 0 Å². The fourth-order valence-corrected chi connectivity index (χ4v) is 3.50. The summed E-state index contributed by atoms with van der Waals surface area (Å²) >= 11 is 0. The molecule has 0 amide bonds. The number of benzene rings is 2. The quantitative estimate of drug-likeness (QED) is 0.731. The number of nitrogens with zero attached hydrogens (tertiary/aromatic N) is 3. The monoisotopic (exact) mass is 383 g/mol. The third-order valence-electron chi connectivity index (χ3n) is 5.03. The van der Waals surface area contributed by atoms with Gasteiger partial charge >= 0.3 is 0 Å². The number of hydrogen-bond acceptors (Lipinski definition) is 5. The fourth-order valence-electron chi connectivity index (χ4n) is 3.50. The highest BCUT2D eigenvalue weighted by atomic mass is 19.1. The van der Waals surface area contributed by atoms with Crippen molar-refractivity contribution < 1.29 is 14.2 Å². The Kier molecular flexibility index (Phi) is 5.47. The molecule has 0 bridgehead atoms. The highest BCUT2D eigenvalue weighted by molar-refractivity contribution is 5.77. The molecule has 7 heteroatoms. The number of para-hydroxylation sites is 1. The standard InChI is InChI=1S/C21H22FN3O3/c22-17-7-3-1-5-15(17)19(26)13-25-20(14-24-9-11-28-12-10-24)23-18-8-4-2-6-16(18)21(25)27/h1-8,19,26H,9-14H2. The van der Waals surface area contributed by atoms with E-state index in [0.717, 1.165) is 13.1 Å². The summed E-state index contributed by atoms with van der Waals surface area (Å²) in [6, 6.07) is 13.2. The number of aliphatic hydroxyl groups is 1. The summed E-state index contributed by atoms with van der Waals surface area (Å²) in [5, 5.41) is 11.1. The number of aromatic nitrogens is 2. The van der Waals surface area contributed by atoms with Crippen molar-refractivity contribution in [3.63, 3.8) is 0 Å². The van der Waals surface area contributed by atoms with Gasteiger partial charge in [-0.05, 0) is 18.2 Å². The van der Waals surface area contributed by atoms with Crippen LogP contribution in [0.15, 0.2) is 53.3 Å². The molecule has 1 fully saturated rings. The Labute approximate surface area is 161 Å². The van der Waals surface area contributed by atoms with E-state index in [9.17, 15) is 14.3 Å². The third kappa shape index (κ3) is 3.82. The molecule has 1 N–H and O–H groups in total. The fraction of sp³-hybridized carbons (Fsp3) is 0.333. The lowest BCUT2D eigenvalue weighted by Crippen LogP contribution is -2.38. The Bertz CT molecular complexity index is 1030. The molecule has 0 saturated carbocycles. The minimum absolute atomic E-state index is 0.0583. The molecule has 1 aliphatic heterocycles. The molecule has 0 radical (unpaired) electrons. The molecule has 0 spiro atoms. The maximum atomic E-state index is 14.1. The van der Waals surface area contributed by atoms with Gasteiger partial charge in [0, 0.05) is 18.7 Å². The summed E-state index contributed by atoms with van der Waals surface area (Å²) < 4.78 is 20.9. The van der Waals surface area contributed by atoms with Crippen LogP contribution >= 0.6 is 0 Å². The summed E-state index contributed by atoms with van der Waals surface area (Å²) in [4.78, 5) is 20.0. The Morgan fingerprint density at radius 1 is 1.11 bits per heavy atom. The van der Waals surface area contributed by atoms with Crippen LogP contribution in [0.25, 0.3) is 10.9 Å². The molecule has 1 unspecified atom stereocenters. The number of rotatable bonds is 5. The molecule has 28 heavy (non-hydrogen) atoms. The van der Waals surface area contributed by atoms with Gasteiger partial charge in [0.05, 0.1) is 43.3 Å². The number of aliphatic hydroxyl groups excluding tert-OH is 1. The molecule has 0 aliphatic carbocycles. The van der Waals surface area contributed by atoms with Crippen molar-refractivity contribution in [2.45, 2.75) is 19.2 Å². The Morgan fingerprint density at radius 3 is 2.61 bits per heavy atom. The van der Waals surface area contributed by atoms with Gasteiger partial charge in [0.15, 0.2) is 0 Å². The van der Waals surface area contributed by atoms with Gasteiger partial charge in [-0.25, -0.2) is 9.37 Å². The van der Waals surface area contributed by atoms with Crippen molar-refractivity contribution in [3.8, 4) is 0 Å².